The van der Waals surface area contributed by atoms with Crippen LogP contribution in [0.5, 0.6) is 0 Å². The maximum absolute atomic E-state index is 12.8. The van der Waals surface area contributed by atoms with Crippen molar-refractivity contribution in [3.8, 4) is 5.13 Å². The molecule has 0 spiro atoms. The van der Waals surface area contributed by atoms with Gasteiger partial charge in [0.15, 0.2) is 0 Å². The fraction of sp³-hybridized carbons (Fsp3) is 0.261. The minimum atomic E-state index is -0.152. The largest absolute Gasteiger partial charge is 0.306 e. The summed E-state index contributed by atoms with van der Waals surface area (Å²) in [7, 11) is 0. The average molecular weight is 435 g/mol. The van der Waals surface area contributed by atoms with Gasteiger partial charge in [-0.3, -0.25) is 4.79 Å². The maximum atomic E-state index is 12.8. The Morgan fingerprint density at radius 2 is 1.83 bits per heavy atom. The minimum absolute atomic E-state index is 0.152. The molecule has 5 rings (SSSR count). The Balaban J connectivity index is 1.47. The third kappa shape index (κ3) is 3.63. The number of aromatic nitrogens is 3. The first-order valence-electron chi connectivity index (χ1n) is 10.1. The van der Waals surface area contributed by atoms with E-state index in [0.29, 0.717) is 11.4 Å². The number of hydrogen-bond acceptors (Lipinski definition) is 5. The number of thiazole rings is 1. The van der Waals surface area contributed by atoms with E-state index in [4.69, 9.17) is 4.98 Å². The van der Waals surface area contributed by atoms with Gasteiger partial charge in [0.25, 0.3) is 5.91 Å². The number of rotatable bonds is 4. The van der Waals surface area contributed by atoms with Crippen LogP contribution < -0.4 is 5.32 Å². The van der Waals surface area contributed by atoms with Crippen LogP contribution in [-0.2, 0) is 12.8 Å². The first kappa shape index (κ1) is 19.3. The fourth-order valence-electron chi connectivity index (χ4n) is 3.90. The summed E-state index contributed by atoms with van der Waals surface area (Å²) in [4.78, 5) is 18.7. The van der Waals surface area contributed by atoms with Crippen molar-refractivity contribution in [2.45, 2.75) is 37.5 Å². The fourth-order valence-corrected chi connectivity index (χ4v) is 5.28. The van der Waals surface area contributed by atoms with Gasteiger partial charge in [-0.05, 0) is 86.4 Å². The highest BCUT2D eigenvalue weighted by Gasteiger charge is 2.17. The van der Waals surface area contributed by atoms with Gasteiger partial charge in [-0.25, -0.2) is 4.98 Å². The molecule has 1 aliphatic rings. The highest BCUT2D eigenvalue weighted by atomic mass is 32.2. The first-order chi connectivity index (χ1) is 14.6. The molecule has 0 saturated heterocycles. The number of hydrogen-bond donors (Lipinski definition) is 1. The summed E-state index contributed by atoms with van der Waals surface area (Å²) < 4.78 is 2.91. The van der Waals surface area contributed by atoms with Crippen LogP contribution in [0.15, 0.2) is 47.4 Å². The number of nitrogens with zero attached hydrogens (tertiary/aromatic N) is 3. The molecule has 1 aliphatic carbocycles. The van der Waals surface area contributed by atoms with Crippen molar-refractivity contribution in [1.29, 1.82) is 0 Å². The first-order valence-corrected chi connectivity index (χ1v) is 12.1. The third-order valence-electron chi connectivity index (χ3n) is 5.45. The van der Waals surface area contributed by atoms with Crippen molar-refractivity contribution in [3.05, 3.63) is 64.8 Å². The molecule has 1 N–H and O–H groups in total. The Bertz CT molecular complexity index is 1200. The monoisotopic (exact) mass is 434 g/mol. The summed E-state index contributed by atoms with van der Waals surface area (Å²) in [6.45, 7) is 1.92. The molecule has 5 nitrogen and oxygen atoms in total. The minimum Gasteiger partial charge on any atom is -0.306 e. The molecule has 0 unspecified atom stereocenters. The van der Waals surface area contributed by atoms with Gasteiger partial charge in [0.2, 0.25) is 5.13 Å². The Labute approximate surface area is 183 Å². The SMILES string of the molecule is CSc1ccc(C(=O)Nc2cc(C)nn2-c2nc3cc4c(cc3s2)CCCC4)cc1. The van der Waals surface area contributed by atoms with E-state index in [1.54, 1.807) is 27.8 Å². The number of fused-ring (bicyclic) bond motifs is 2. The van der Waals surface area contributed by atoms with Gasteiger partial charge in [0.1, 0.15) is 5.82 Å². The van der Waals surface area contributed by atoms with Crippen molar-refractivity contribution in [3.63, 3.8) is 0 Å². The average Bonchev–Trinajstić information content (AvgIpc) is 3.34. The van der Waals surface area contributed by atoms with Crippen LogP contribution in [0.25, 0.3) is 15.3 Å². The summed E-state index contributed by atoms with van der Waals surface area (Å²) >= 11 is 3.27. The van der Waals surface area contributed by atoms with E-state index in [1.165, 1.54) is 28.7 Å². The van der Waals surface area contributed by atoms with Crippen LogP contribution in [0.3, 0.4) is 0 Å². The van der Waals surface area contributed by atoms with Crippen LogP contribution in [0.1, 0.15) is 40.0 Å². The molecule has 152 valence electrons. The zero-order valence-electron chi connectivity index (χ0n) is 16.9. The van der Waals surface area contributed by atoms with Gasteiger partial charge in [-0.1, -0.05) is 11.3 Å². The van der Waals surface area contributed by atoms with E-state index < -0.39 is 0 Å². The summed E-state index contributed by atoms with van der Waals surface area (Å²) in [6, 6.07) is 14.0. The second-order valence-corrected chi connectivity index (χ2v) is 9.45. The quantitative estimate of drug-likeness (QED) is 0.422. The summed E-state index contributed by atoms with van der Waals surface area (Å²) in [5, 5.41) is 8.37. The van der Waals surface area contributed by atoms with Gasteiger partial charge < -0.3 is 5.32 Å². The smallest absolute Gasteiger partial charge is 0.256 e. The molecule has 2 aromatic carbocycles. The van der Waals surface area contributed by atoms with Crippen LogP contribution in [0.4, 0.5) is 5.82 Å². The van der Waals surface area contributed by atoms with Gasteiger partial charge in [-0.15, -0.1) is 11.8 Å². The molecule has 1 amide bonds. The molecule has 0 aliphatic heterocycles. The van der Waals surface area contributed by atoms with Crippen molar-refractivity contribution in [2.24, 2.45) is 0 Å². The number of aryl methyl sites for hydroxylation is 3. The Kier molecular flexibility index (Phi) is 5.08. The van der Waals surface area contributed by atoms with Crippen molar-refractivity contribution >= 4 is 45.0 Å². The molecule has 0 fully saturated rings. The van der Waals surface area contributed by atoms with Crippen LogP contribution in [0, 0.1) is 6.92 Å². The normalized spacial score (nSPS) is 13.4. The molecule has 2 aromatic heterocycles. The second kappa shape index (κ2) is 7.89. The Hall–Kier alpha value is -2.64. The van der Waals surface area contributed by atoms with E-state index in [0.717, 1.165) is 34.1 Å². The Morgan fingerprint density at radius 3 is 2.57 bits per heavy atom. The predicted molar refractivity (Wildman–Crippen MR) is 124 cm³/mol. The van der Waals surface area contributed by atoms with Crippen molar-refractivity contribution < 1.29 is 4.79 Å². The third-order valence-corrected chi connectivity index (χ3v) is 7.18. The summed E-state index contributed by atoms with van der Waals surface area (Å²) in [5.74, 6) is 0.482. The molecule has 0 atom stereocenters. The lowest BCUT2D eigenvalue weighted by molar-refractivity contribution is 0.102. The van der Waals surface area contributed by atoms with E-state index in [-0.39, 0.29) is 5.91 Å². The number of nitrogens with one attached hydrogen (secondary N) is 1. The molecule has 2 heterocycles. The number of carbonyl (C=O) groups is 1. The van der Waals surface area contributed by atoms with Crippen molar-refractivity contribution in [2.75, 3.05) is 11.6 Å². The summed E-state index contributed by atoms with van der Waals surface area (Å²) in [6.07, 6.45) is 6.81. The van der Waals surface area contributed by atoms with Gasteiger partial charge in [0, 0.05) is 16.5 Å². The molecular weight excluding hydrogens is 412 g/mol. The lowest BCUT2D eigenvalue weighted by atomic mass is 9.92. The van der Waals surface area contributed by atoms with E-state index >= 15 is 0 Å². The van der Waals surface area contributed by atoms with Crippen molar-refractivity contribution in [1.82, 2.24) is 14.8 Å². The van der Waals surface area contributed by atoms with Gasteiger partial charge in [0.05, 0.1) is 15.9 Å². The number of carbonyl (C=O) groups excluding carboxylic acids is 1. The Morgan fingerprint density at radius 1 is 1.10 bits per heavy atom. The molecule has 7 heteroatoms. The van der Waals surface area contributed by atoms with Crippen LogP contribution >= 0.6 is 23.1 Å². The van der Waals surface area contributed by atoms with Gasteiger partial charge in [-0.2, -0.15) is 9.78 Å². The standard InChI is InChI=1S/C23H22N4OS2/c1-14-11-21(25-22(28)15-7-9-18(29-2)10-8-15)27(26-14)23-24-19-12-16-5-3-4-6-17(16)13-20(19)30-23/h7-13H,3-6H2,1-2H3,(H,25,28). The molecule has 0 bridgehead atoms. The second-order valence-electron chi connectivity index (χ2n) is 7.56. The van der Waals surface area contributed by atoms with Gasteiger partial charge >= 0.3 is 0 Å². The zero-order chi connectivity index (χ0) is 20.7. The van der Waals surface area contributed by atoms with E-state index in [2.05, 4.69) is 22.5 Å². The number of anilines is 1. The molecule has 30 heavy (non-hydrogen) atoms. The molecule has 4 aromatic rings. The lowest BCUT2D eigenvalue weighted by Crippen LogP contribution is -2.15. The number of amides is 1. The zero-order valence-corrected chi connectivity index (χ0v) is 18.6. The summed E-state index contributed by atoms with van der Waals surface area (Å²) in [5.41, 5.74) is 5.33. The molecule has 0 saturated carbocycles. The van der Waals surface area contributed by atoms with Crippen LogP contribution in [0.2, 0.25) is 0 Å². The topological polar surface area (TPSA) is 59.8 Å². The lowest BCUT2D eigenvalue weighted by Gasteiger charge is -2.14. The highest BCUT2D eigenvalue weighted by Crippen LogP contribution is 2.32. The molecular formula is C23H22N4OS2. The van der Waals surface area contributed by atoms with E-state index in [1.807, 2.05) is 43.5 Å². The molecule has 0 radical (unpaired) electrons. The van der Waals surface area contributed by atoms with Crippen LogP contribution in [-0.4, -0.2) is 26.9 Å². The van der Waals surface area contributed by atoms with E-state index in [9.17, 15) is 4.79 Å². The number of benzene rings is 2. The predicted octanol–water partition coefficient (Wildman–Crippen LogP) is 5.64. The maximum Gasteiger partial charge on any atom is 0.256 e. The number of thioether (sulfide) groups is 1. The highest BCUT2D eigenvalue weighted by molar-refractivity contribution is 7.98.